The Bertz CT molecular complexity index is 632. The summed E-state index contributed by atoms with van der Waals surface area (Å²) in [6, 6.07) is 6.68. The summed E-state index contributed by atoms with van der Waals surface area (Å²) in [5, 5.41) is 6.71. The highest BCUT2D eigenvalue weighted by atomic mass is 35.5. The summed E-state index contributed by atoms with van der Waals surface area (Å²) in [6.45, 7) is 2.68. The number of aromatic nitrogens is 1. The molecule has 1 aromatic heterocycles. The van der Waals surface area contributed by atoms with Gasteiger partial charge in [0.25, 0.3) is 5.91 Å². The Morgan fingerprint density at radius 1 is 1.25 bits per heavy atom. The van der Waals surface area contributed by atoms with E-state index in [1.54, 1.807) is 30.5 Å². The molecule has 0 unspecified atom stereocenters. The van der Waals surface area contributed by atoms with E-state index in [0.717, 1.165) is 12.2 Å². The smallest absolute Gasteiger partial charge is 0.259 e. The molecule has 2 aromatic rings. The third-order valence-corrected chi connectivity index (χ3v) is 3.35. The van der Waals surface area contributed by atoms with E-state index >= 15 is 0 Å². The lowest BCUT2D eigenvalue weighted by Gasteiger charge is -2.10. The molecule has 4 nitrogen and oxygen atoms in total. The maximum absolute atomic E-state index is 12.2. The molecule has 2 N–H and O–H groups in total. The van der Waals surface area contributed by atoms with Crippen LogP contribution < -0.4 is 10.6 Å². The number of amides is 1. The van der Waals surface area contributed by atoms with Crippen LogP contribution in [0.4, 0.5) is 11.4 Å². The molecule has 1 amide bonds. The third-order valence-electron chi connectivity index (χ3n) is 2.61. The number of benzene rings is 1. The number of hydrogen-bond acceptors (Lipinski definition) is 3. The second-order valence-electron chi connectivity index (χ2n) is 4.03. The fraction of sp³-hybridized carbons (Fsp3) is 0.143. The zero-order chi connectivity index (χ0) is 14.5. The molecule has 1 aromatic carbocycles. The van der Waals surface area contributed by atoms with Crippen LogP contribution in [0.2, 0.25) is 10.0 Å². The van der Waals surface area contributed by atoms with Gasteiger partial charge >= 0.3 is 0 Å². The molecule has 2 rings (SSSR count). The summed E-state index contributed by atoms with van der Waals surface area (Å²) < 4.78 is 0. The SMILES string of the molecule is CCNc1ccncc1C(=O)Nc1ccc(Cl)c(Cl)c1. The van der Waals surface area contributed by atoms with Crippen LogP contribution in [0, 0.1) is 0 Å². The quantitative estimate of drug-likeness (QED) is 0.895. The van der Waals surface area contributed by atoms with Crippen molar-refractivity contribution >= 4 is 40.5 Å². The Balaban J connectivity index is 2.21. The van der Waals surface area contributed by atoms with E-state index in [2.05, 4.69) is 15.6 Å². The van der Waals surface area contributed by atoms with E-state index in [0.29, 0.717) is 21.3 Å². The summed E-state index contributed by atoms with van der Waals surface area (Å²) in [5.74, 6) is -0.257. The highest BCUT2D eigenvalue weighted by Crippen LogP contribution is 2.25. The Kier molecular flexibility index (Phi) is 4.82. The van der Waals surface area contributed by atoms with Gasteiger partial charge in [0.05, 0.1) is 21.3 Å². The van der Waals surface area contributed by atoms with Gasteiger partial charge in [0, 0.05) is 24.6 Å². The number of nitrogens with zero attached hydrogens (tertiary/aromatic N) is 1. The maximum Gasteiger partial charge on any atom is 0.259 e. The number of carbonyl (C=O) groups excluding carboxylic acids is 1. The first kappa shape index (κ1) is 14.6. The number of nitrogens with one attached hydrogen (secondary N) is 2. The highest BCUT2D eigenvalue weighted by molar-refractivity contribution is 6.42. The Morgan fingerprint density at radius 2 is 2.05 bits per heavy atom. The second-order valence-corrected chi connectivity index (χ2v) is 4.85. The van der Waals surface area contributed by atoms with Crippen LogP contribution >= 0.6 is 23.2 Å². The molecule has 0 atom stereocenters. The average Bonchev–Trinajstić information content (AvgIpc) is 2.44. The van der Waals surface area contributed by atoms with E-state index in [1.807, 2.05) is 6.92 Å². The van der Waals surface area contributed by atoms with E-state index in [1.165, 1.54) is 6.20 Å². The Morgan fingerprint density at radius 3 is 2.75 bits per heavy atom. The first-order valence-corrected chi connectivity index (χ1v) is 6.81. The van der Waals surface area contributed by atoms with Gasteiger partial charge in [0.2, 0.25) is 0 Å². The van der Waals surface area contributed by atoms with Gasteiger partial charge in [0.1, 0.15) is 0 Å². The first-order valence-electron chi connectivity index (χ1n) is 6.06. The van der Waals surface area contributed by atoms with Crippen LogP contribution in [0.3, 0.4) is 0 Å². The first-order chi connectivity index (χ1) is 9.61. The number of pyridine rings is 1. The van der Waals surface area contributed by atoms with Crippen molar-refractivity contribution in [2.24, 2.45) is 0 Å². The Labute approximate surface area is 127 Å². The lowest BCUT2D eigenvalue weighted by atomic mass is 10.2. The zero-order valence-corrected chi connectivity index (χ0v) is 12.3. The van der Waals surface area contributed by atoms with E-state index in [-0.39, 0.29) is 5.91 Å². The minimum absolute atomic E-state index is 0.257. The summed E-state index contributed by atoms with van der Waals surface area (Å²) >= 11 is 11.8. The maximum atomic E-state index is 12.2. The molecule has 1 heterocycles. The lowest BCUT2D eigenvalue weighted by Crippen LogP contribution is -2.15. The molecule has 0 saturated heterocycles. The van der Waals surface area contributed by atoms with Crippen molar-refractivity contribution in [1.82, 2.24) is 4.98 Å². The lowest BCUT2D eigenvalue weighted by molar-refractivity contribution is 0.102. The second kappa shape index (κ2) is 6.59. The monoisotopic (exact) mass is 309 g/mol. The minimum Gasteiger partial charge on any atom is -0.385 e. The molecule has 0 fully saturated rings. The van der Waals surface area contributed by atoms with Crippen molar-refractivity contribution in [3.05, 3.63) is 52.3 Å². The fourth-order valence-corrected chi connectivity index (χ4v) is 1.99. The van der Waals surface area contributed by atoms with Crippen molar-refractivity contribution in [2.75, 3.05) is 17.2 Å². The van der Waals surface area contributed by atoms with E-state index in [4.69, 9.17) is 23.2 Å². The van der Waals surface area contributed by atoms with Crippen LogP contribution in [0.1, 0.15) is 17.3 Å². The molecule has 104 valence electrons. The highest BCUT2D eigenvalue weighted by Gasteiger charge is 2.12. The fourth-order valence-electron chi connectivity index (χ4n) is 1.69. The number of halogens is 2. The predicted octanol–water partition coefficient (Wildman–Crippen LogP) is 4.07. The topological polar surface area (TPSA) is 54.0 Å². The third kappa shape index (κ3) is 3.40. The largest absolute Gasteiger partial charge is 0.385 e. The molecule has 0 aliphatic heterocycles. The minimum atomic E-state index is -0.257. The molecule has 0 bridgehead atoms. The zero-order valence-electron chi connectivity index (χ0n) is 10.8. The van der Waals surface area contributed by atoms with Gasteiger partial charge in [-0.2, -0.15) is 0 Å². The molecule has 0 spiro atoms. The molecular formula is C14H13Cl2N3O. The average molecular weight is 310 g/mol. The summed E-state index contributed by atoms with van der Waals surface area (Å²) in [5.41, 5.74) is 1.79. The van der Waals surface area contributed by atoms with Gasteiger partial charge in [-0.15, -0.1) is 0 Å². The molecule has 0 aliphatic carbocycles. The van der Waals surface area contributed by atoms with E-state index in [9.17, 15) is 4.79 Å². The van der Waals surface area contributed by atoms with Crippen molar-refractivity contribution < 1.29 is 4.79 Å². The van der Waals surface area contributed by atoms with E-state index < -0.39 is 0 Å². The molecule has 0 radical (unpaired) electrons. The van der Waals surface area contributed by atoms with Gasteiger partial charge in [-0.05, 0) is 31.2 Å². The molecular weight excluding hydrogens is 297 g/mol. The predicted molar refractivity (Wildman–Crippen MR) is 82.8 cm³/mol. The summed E-state index contributed by atoms with van der Waals surface area (Å²) in [4.78, 5) is 16.2. The van der Waals surface area contributed by atoms with Crippen molar-refractivity contribution in [2.45, 2.75) is 6.92 Å². The van der Waals surface area contributed by atoms with Crippen molar-refractivity contribution in [3.8, 4) is 0 Å². The van der Waals surface area contributed by atoms with Gasteiger partial charge in [0.15, 0.2) is 0 Å². The summed E-state index contributed by atoms with van der Waals surface area (Å²) in [6.07, 6.45) is 3.15. The van der Waals surface area contributed by atoms with Crippen LogP contribution in [0.15, 0.2) is 36.7 Å². The number of carbonyl (C=O) groups is 1. The molecule has 0 saturated carbocycles. The standard InChI is InChI=1S/C14H13Cl2N3O/c1-2-18-13-5-6-17-8-10(13)14(20)19-9-3-4-11(15)12(16)7-9/h3-8H,2H2,1H3,(H,17,18)(H,19,20). The van der Waals surface area contributed by atoms with Crippen molar-refractivity contribution in [1.29, 1.82) is 0 Å². The number of hydrogen-bond donors (Lipinski definition) is 2. The van der Waals surface area contributed by atoms with Crippen LogP contribution in [0.25, 0.3) is 0 Å². The van der Waals surface area contributed by atoms with Crippen molar-refractivity contribution in [3.63, 3.8) is 0 Å². The molecule has 20 heavy (non-hydrogen) atoms. The van der Waals surface area contributed by atoms with Gasteiger partial charge < -0.3 is 10.6 Å². The number of rotatable bonds is 4. The van der Waals surface area contributed by atoms with Gasteiger partial charge in [-0.3, -0.25) is 9.78 Å². The number of anilines is 2. The van der Waals surface area contributed by atoms with Gasteiger partial charge in [-0.1, -0.05) is 23.2 Å². The Hall–Kier alpha value is -1.78. The van der Waals surface area contributed by atoms with Crippen LogP contribution in [0.5, 0.6) is 0 Å². The van der Waals surface area contributed by atoms with Crippen LogP contribution in [-0.4, -0.2) is 17.4 Å². The molecule has 6 heteroatoms. The summed E-state index contributed by atoms with van der Waals surface area (Å²) in [7, 11) is 0. The van der Waals surface area contributed by atoms with Gasteiger partial charge in [-0.25, -0.2) is 0 Å². The normalized spacial score (nSPS) is 10.2. The van der Waals surface area contributed by atoms with Crippen LogP contribution in [-0.2, 0) is 0 Å². The molecule has 0 aliphatic rings.